The Hall–Kier alpha value is -0.800. The van der Waals surface area contributed by atoms with Crippen molar-refractivity contribution in [2.24, 2.45) is 11.1 Å². The van der Waals surface area contributed by atoms with E-state index in [-0.39, 0.29) is 11.0 Å². The van der Waals surface area contributed by atoms with E-state index in [1.807, 2.05) is 6.07 Å². The van der Waals surface area contributed by atoms with Crippen molar-refractivity contribution in [3.05, 3.63) is 24.2 Å². The Morgan fingerprint density at radius 3 is 2.38 bits per heavy atom. The highest BCUT2D eigenvalue weighted by atomic mass is 16.3. The smallest absolute Gasteiger partial charge is 0.0947 e. The SMILES string of the molecule is CN(Cc1ccoc1)CC(C)(C)C(C)(C)N. The molecule has 0 aromatic carbocycles. The van der Waals surface area contributed by atoms with E-state index in [2.05, 4.69) is 39.6 Å². The molecule has 0 amide bonds. The molecule has 0 saturated carbocycles. The summed E-state index contributed by atoms with van der Waals surface area (Å²) in [5, 5.41) is 0. The van der Waals surface area contributed by atoms with Crippen LogP contribution < -0.4 is 5.73 Å². The molecule has 3 nitrogen and oxygen atoms in total. The van der Waals surface area contributed by atoms with Gasteiger partial charge in [-0.3, -0.25) is 0 Å². The van der Waals surface area contributed by atoms with Gasteiger partial charge in [0.25, 0.3) is 0 Å². The fourth-order valence-corrected chi connectivity index (χ4v) is 1.63. The molecular formula is C13H24N2O. The second kappa shape index (κ2) is 4.60. The van der Waals surface area contributed by atoms with Gasteiger partial charge >= 0.3 is 0 Å². The highest BCUT2D eigenvalue weighted by Gasteiger charge is 2.34. The third-order valence-corrected chi connectivity index (χ3v) is 3.44. The van der Waals surface area contributed by atoms with Crippen molar-refractivity contribution in [3.63, 3.8) is 0 Å². The summed E-state index contributed by atoms with van der Waals surface area (Å²) in [5.41, 5.74) is 7.28. The molecule has 0 bridgehead atoms. The predicted octanol–water partition coefficient (Wildman–Crippen LogP) is 2.47. The van der Waals surface area contributed by atoms with Crippen LogP contribution in [0.1, 0.15) is 33.3 Å². The molecule has 0 fully saturated rings. The molecule has 0 spiro atoms. The summed E-state index contributed by atoms with van der Waals surface area (Å²) in [6.07, 6.45) is 3.50. The number of furan rings is 1. The lowest BCUT2D eigenvalue weighted by atomic mass is 9.75. The van der Waals surface area contributed by atoms with Gasteiger partial charge in [0, 0.05) is 24.2 Å². The Labute approximate surface area is 98.6 Å². The average molecular weight is 224 g/mol. The molecule has 1 aromatic heterocycles. The monoisotopic (exact) mass is 224 g/mol. The van der Waals surface area contributed by atoms with Gasteiger partial charge in [0.2, 0.25) is 0 Å². The van der Waals surface area contributed by atoms with Crippen molar-refractivity contribution in [2.75, 3.05) is 13.6 Å². The Balaban J connectivity index is 2.54. The van der Waals surface area contributed by atoms with E-state index in [0.717, 1.165) is 13.1 Å². The van der Waals surface area contributed by atoms with Crippen molar-refractivity contribution in [3.8, 4) is 0 Å². The molecule has 0 aliphatic carbocycles. The van der Waals surface area contributed by atoms with Crippen LogP contribution in [-0.2, 0) is 6.54 Å². The van der Waals surface area contributed by atoms with E-state index < -0.39 is 0 Å². The second-order valence-electron chi connectivity index (χ2n) is 5.91. The molecule has 92 valence electrons. The van der Waals surface area contributed by atoms with Crippen LogP contribution in [0.15, 0.2) is 23.0 Å². The van der Waals surface area contributed by atoms with Gasteiger partial charge in [-0.15, -0.1) is 0 Å². The Kier molecular flexibility index (Phi) is 3.81. The first-order chi connectivity index (χ1) is 7.22. The van der Waals surface area contributed by atoms with Gasteiger partial charge in [-0.05, 0) is 32.4 Å². The van der Waals surface area contributed by atoms with Gasteiger partial charge in [-0.25, -0.2) is 0 Å². The first-order valence-electron chi connectivity index (χ1n) is 5.71. The normalized spacial score (nSPS) is 13.4. The number of nitrogens with two attached hydrogens (primary N) is 1. The fourth-order valence-electron chi connectivity index (χ4n) is 1.63. The van der Waals surface area contributed by atoms with Crippen LogP contribution in [0, 0.1) is 5.41 Å². The summed E-state index contributed by atoms with van der Waals surface area (Å²) in [7, 11) is 2.11. The summed E-state index contributed by atoms with van der Waals surface area (Å²) >= 11 is 0. The van der Waals surface area contributed by atoms with Crippen LogP contribution in [0.2, 0.25) is 0 Å². The molecule has 1 aromatic rings. The molecule has 0 unspecified atom stereocenters. The summed E-state index contributed by atoms with van der Waals surface area (Å²) in [5.74, 6) is 0. The quantitative estimate of drug-likeness (QED) is 0.835. The standard InChI is InChI=1S/C13H24N2O/c1-12(2,13(3,4)14)10-15(5)8-11-6-7-16-9-11/h6-7,9H,8,10,14H2,1-5H3. The Morgan fingerprint density at radius 1 is 1.31 bits per heavy atom. The summed E-state index contributed by atoms with van der Waals surface area (Å²) < 4.78 is 5.06. The van der Waals surface area contributed by atoms with E-state index in [1.165, 1.54) is 5.56 Å². The first kappa shape index (κ1) is 13.3. The average Bonchev–Trinajstić information content (AvgIpc) is 2.52. The zero-order chi connectivity index (χ0) is 12.4. The first-order valence-corrected chi connectivity index (χ1v) is 5.71. The third-order valence-electron chi connectivity index (χ3n) is 3.44. The maximum atomic E-state index is 6.19. The topological polar surface area (TPSA) is 42.4 Å². The van der Waals surface area contributed by atoms with Crippen LogP contribution in [-0.4, -0.2) is 24.0 Å². The molecule has 3 heteroatoms. The number of rotatable bonds is 5. The minimum absolute atomic E-state index is 0.0749. The zero-order valence-corrected chi connectivity index (χ0v) is 11.1. The molecule has 1 heterocycles. The number of nitrogens with zero attached hydrogens (tertiary/aromatic N) is 1. The van der Waals surface area contributed by atoms with Gasteiger partial charge in [-0.2, -0.15) is 0 Å². The highest BCUT2D eigenvalue weighted by molar-refractivity contribution is 5.05. The molecule has 0 atom stereocenters. The van der Waals surface area contributed by atoms with E-state index in [4.69, 9.17) is 10.2 Å². The Morgan fingerprint density at radius 2 is 1.94 bits per heavy atom. The van der Waals surface area contributed by atoms with E-state index in [9.17, 15) is 0 Å². The maximum Gasteiger partial charge on any atom is 0.0947 e. The molecule has 1 rings (SSSR count). The van der Waals surface area contributed by atoms with Crippen molar-refractivity contribution < 1.29 is 4.42 Å². The van der Waals surface area contributed by atoms with Crippen LogP contribution >= 0.6 is 0 Å². The van der Waals surface area contributed by atoms with E-state index in [1.54, 1.807) is 12.5 Å². The van der Waals surface area contributed by atoms with Crippen molar-refractivity contribution >= 4 is 0 Å². The van der Waals surface area contributed by atoms with Crippen LogP contribution in [0.5, 0.6) is 0 Å². The lowest BCUT2D eigenvalue weighted by Gasteiger charge is -2.41. The molecule has 2 N–H and O–H groups in total. The van der Waals surface area contributed by atoms with Gasteiger partial charge in [0.05, 0.1) is 12.5 Å². The minimum Gasteiger partial charge on any atom is -0.472 e. The molecule has 0 saturated heterocycles. The maximum absolute atomic E-state index is 6.19. The summed E-state index contributed by atoms with van der Waals surface area (Å²) in [4.78, 5) is 2.28. The zero-order valence-electron chi connectivity index (χ0n) is 11.1. The molecule has 0 aliphatic heterocycles. The number of hydrogen-bond acceptors (Lipinski definition) is 3. The van der Waals surface area contributed by atoms with Crippen molar-refractivity contribution in [1.82, 2.24) is 4.90 Å². The van der Waals surface area contributed by atoms with Gasteiger partial charge < -0.3 is 15.1 Å². The van der Waals surface area contributed by atoms with E-state index in [0.29, 0.717) is 0 Å². The second-order valence-corrected chi connectivity index (χ2v) is 5.91. The van der Waals surface area contributed by atoms with Crippen LogP contribution in [0.3, 0.4) is 0 Å². The molecule has 0 aliphatic rings. The lowest BCUT2D eigenvalue weighted by molar-refractivity contribution is 0.126. The highest BCUT2D eigenvalue weighted by Crippen LogP contribution is 2.29. The van der Waals surface area contributed by atoms with Crippen molar-refractivity contribution in [1.29, 1.82) is 0 Å². The van der Waals surface area contributed by atoms with Gasteiger partial charge in [-0.1, -0.05) is 13.8 Å². The van der Waals surface area contributed by atoms with Crippen molar-refractivity contribution in [2.45, 2.75) is 39.8 Å². The lowest BCUT2D eigenvalue weighted by Crippen LogP contribution is -2.52. The van der Waals surface area contributed by atoms with Gasteiger partial charge in [0.1, 0.15) is 0 Å². The van der Waals surface area contributed by atoms with E-state index >= 15 is 0 Å². The fraction of sp³-hybridized carbons (Fsp3) is 0.692. The predicted molar refractivity (Wildman–Crippen MR) is 67.1 cm³/mol. The summed E-state index contributed by atoms with van der Waals surface area (Å²) in [6, 6.07) is 2.00. The molecule has 0 radical (unpaired) electrons. The number of hydrogen-bond donors (Lipinski definition) is 1. The largest absolute Gasteiger partial charge is 0.472 e. The molecule has 16 heavy (non-hydrogen) atoms. The summed E-state index contributed by atoms with van der Waals surface area (Å²) in [6.45, 7) is 10.4. The van der Waals surface area contributed by atoms with Crippen LogP contribution in [0.4, 0.5) is 0 Å². The third kappa shape index (κ3) is 3.35. The minimum atomic E-state index is -0.183. The Bertz CT molecular complexity index is 309. The van der Waals surface area contributed by atoms with Gasteiger partial charge in [0.15, 0.2) is 0 Å². The van der Waals surface area contributed by atoms with Crippen LogP contribution in [0.25, 0.3) is 0 Å². The molecular weight excluding hydrogens is 200 g/mol.